The van der Waals surface area contributed by atoms with Crippen molar-refractivity contribution in [2.45, 2.75) is 38.3 Å². The summed E-state index contributed by atoms with van der Waals surface area (Å²) >= 11 is 0. The molecule has 0 aliphatic heterocycles. The Morgan fingerprint density at radius 1 is 1.30 bits per heavy atom. The van der Waals surface area contributed by atoms with Crippen molar-refractivity contribution in [2.75, 3.05) is 0 Å². The van der Waals surface area contributed by atoms with Crippen LogP contribution >= 0.6 is 0 Å². The molecule has 23 heavy (non-hydrogen) atoms. The highest BCUT2D eigenvalue weighted by molar-refractivity contribution is 5.96. The van der Waals surface area contributed by atoms with Crippen LogP contribution in [0.1, 0.15) is 34.7 Å². The van der Waals surface area contributed by atoms with E-state index in [2.05, 4.69) is 15.8 Å². The summed E-state index contributed by atoms with van der Waals surface area (Å²) in [7, 11) is 0. The molecule has 0 radical (unpaired) electrons. The number of hydrogen-bond donors (Lipinski definition) is 2. The molecule has 1 aromatic carbocycles. The molecule has 2 N–H and O–H groups in total. The van der Waals surface area contributed by atoms with E-state index in [1.807, 2.05) is 30.3 Å². The number of benzene rings is 1. The van der Waals surface area contributed by atoms with Crippen LogP contribution in [0.3, 0.4) is 0 Å². The minimum atomic E-state index is -0.637. The third kappa shape index (κ3) is 4.18. The molecule has 6 heteroatoms. The molecule has 1 atom stereocenters. The van der Waals surface area contributed by atoms with Gasteiger partial charge < -0.3 is 15.2 Å². The minimum Gasteiger partial charge on any atom is -0.361 e. The SMILES string of the molecule is Cc1cc(C(=O)N[C@@H](Cc2ccccc2)C(=O)NC2CC2)no1. The Balaban J connectivity index is 1.71. The van der Waals surface area contributed by atoms with Crippen LogP contribution in [0.2, 0.25) is 0 Å². The lowest BCUT2D eigenvalue weighted by molar-refractivity contribution is -0.123. The monoisotopic (exact) mass is 313 g/mol. The van der Waals surface area contributed by atoms with E-state index in [9.17, 15) is 9.59 Å². The van der Waals surface area contributed by atoms with Crippen molar-refractivity contribution < 1.29 is 14.1 Å². The van der Waals surface area contributed by atoms with E-state index in [-0.39, 0.29) is 17.6 Å². The average Bonchev–Trinajstić information content (AvgIpc) is 3.25. The van der Waals surface area contributed by atoms with Crippen LogP contribution in [0.5, 0.6) is 0 Å². The van der Waals surface area contributed by atoms with Crippen LogP contribution < -0.4 is 10.6 Å². The second-order valence-electron chi connectivity index (χ2n) is 5.82. The van der Waals surface area contributed by atoms with Gasteiger partial charge in [0, 0.05) is 18.5 Å². The van der Waals surface area contributed by atoms with Crippen molar-refractivity contribution >= 4 is 11.8 Å². The van der Waals surface area contributed by atoms with Gasteiger partial charge >= 0.3 is 0 Å². The molecular formula is C17H19N3O3. The summed E-state index contributed by atoms with van der Waals surface area (Å²) in [4.78, 5) is 24.7. The summed E-state index contributed by atoms with van der Waals surface area (Å²) < 4.78 is 4.91. The number of carbonyl (C=O) groups excluding carboxylic acids is 2. The molecule has 0 unspecified atom stereocenters. The fourth-order valence-corrected chi connectivity index (χ4v) is 2.29. The minimum absolute atomic E-state index is 0.162. The zero-order valence-corrected chi connectivity index (χ0v) is 12.9. The van der Waals surface area contributed by atoms with Gasteiger partial charge in [0.05, 0.1) is 0 Å². The van der Waals surface area contributed by atoms with Gasteiger partial charge in [0.15, 0.2) is 5.69 Å². The first-order valence-electron chi connectivity index (χ1n) is 7.70. The van der Waals surface area contributed by atoms with E-state index in [0.717, 1.165) is 18.4 Å². The number of amides is 2. The lowest BCUT2D eigenvalue weighted by Gasteiger charge is -2.18. The molecule has 1 heterocycles. The van der Waals surface area contributed by atoms with E-state index in [1.54, 1.807) is 13.0 Å². The van der Waals surface area contributed by atoms with Crippen molar-refractivity contribution in [2.24, 2.45) is 0 Å². The van der Waals surface area contributed by atoms with Gasteiger partial charge in [-0.05, 0) is 25.3 Å². The molecule has 0 spiro atoms. The first kappa shape index (κ1) is 15.3. The normalized spacial score (nSPS) is 15.0. The molecule has 1 aliphatic carbocycles. The standard InChI is InChI=1S/C17H19N3O3/c1-11-9-15(20-23-11)17(22)19-14(16(21)18-13-7-8-13)10-12-5-3-2-4-6-12/h2-6,9,13-14H,7-8,10H2,1H3,(H,18,21)(H,19,22)/t14-/m0/s1. The Morgan fingerprint density at radius 2 is 2.04 bits per heavy atom. The molecule has 6 nitrogen and oxygen atoms in total. The number of carbonyl (C=O) groups is 2. The second kappa shape index (κ2) is 6.64. The largest absolute Gasteiger partial charge is 0.361 e. The Bertz CT molecular complexity index is 692. The summed E-state index contributed by atoms with van der Waals surface area (Å²) in [6.45, 7) is 1.71. The van der Waals surface area contributed by atoms with Gasteiger partial charge in [-0.1, -0.05) is 35.5 Å². The molecule has 2 amide bonds. The highest BCUT2D eigenvalue weighted by Crippen LogP contribution is 2.19. The van der Waals surface area contributed by atoms with Crippen LogP contribution in [-0.4, -0.2) is 29.1 Å². The summed E-state index contributed by atoms with van der Waals surface area (Å²) in [6, 6.07) is 10.8. The predicted molar refractivity (Wildman–Crippen MR) is 83.8 cm³/mol. The van der Waals surface area contributed by atoms with Crippen molar-refractivity contribution in [1.82, 2.24) is 15.8 Å². The van der Waals surface area contributed by atoms with Gasteiger partial charge in [-0.25, -0.2) is 0 Å². The van der Waals surface area contributed by atoms with Crippen LogP contribution in [0.15, 0.2) is 40.9 Å². The van der Waals surface area contributed by atoms with Crippen molar-refractivity contribution in [3.05, 3.63) is 53.4 Å². The first-order valence-corrected chi connectivity index (χ1v) is 7.70. The molecule has 1 aliphatic rings. The lowest BCUT2D eigenvalue weighted by Crippen LogP contribution is -2.48. The fourth-order valence-electron chi connectivity index (χ4n) is 2.29. The highest BCUT2D eigenvalue weighted by Gasteiger charge is 2.29. The maximum Gasteiger partial charge on any atom is 0.274 e. The summed E-state index contributed by atoms with van der Waals surface area (Å²) in [6.07, 6.45) is 2.43. The number of nitrogens with one attached hydrogen (secondary N) is 2. The Morgan fingerprint density at radius 3 is 2.65 bits per heavy atom. The van der Waals surface area contributed by atoms with Crippen molar-refractivity contribution in [3.63, 3.8) is 0 Å². The van der Waals surface area contributed by atoms with Crippen LogP contribution in [-0.2, 0) is 11.2 Å². The quantitative estimate of drug-likeness (QED) is 0.848. The van der Waals surface area contributed by atoms with Crippen LogP contribution in [0, 0.1) is 6.92 Å². The fraction of sp³-hybridized carbons (Fsp3) is 0.353. The zero-order valence-electron chi connectivity index (χ0n) is 12.9. The van der Waals surface area contributed by atoms with Gasteiger partial charge in [0.2, 0.25) is 5.91 Å². The van der Waals surface area contributed by atoms with E-state index in [0.29, 0.717) is 12.2 Å². The summed E-state index contributed by atoms with van der Waals surface area (Å²) in [5.74, 6) is -0.0177. The van der Waals surface area contributed by atoms with Gasteiger partial charge in [0.25, 0.3) is 5.91 Å². The van der Waals surface area contributed by atoms with Crippen LogP contribution in [0.4, 0.5) is 0 Å². The van der Waals surface area contributed by atoms with E-state index >= 15 is 0 Å². The predicted octanol–water partition coefficient (Wildman–Crippen LogP) is 1.60. The van der Waals surface area contributed by atoms with Gasteiger partial charge in [-0.3, -0.25) is 9.59 Å². The molecule has 0 saturated heterocycles. The van der Waals surface area contributed by atoms with Gasteiger partial charge in [0.1, 0.15) is 11.8 Å². The molecule has 3 rings (SSSR count). The molecule has 2 aromatic rings. The number of aryl methyl sites for hydroxylation is 1. The first-order chi connectivity index (χ1) is 11.1. The molecule has 1 aromatic heterocycles. The molecular weight excluding hydrogens is 294 g/mol. The highest BCUT2D eigenvalue weighted by atomic mass is 16.5. The maximum atomic E-state index is 12.4. The third-order valence-electron chi connectivity index (χ3n) is 3.69. The number of nitrogens with zero attached hydrogens (tertiary/aromatic N) is 1. The van der Waals surface area contributed by atoms with E-state index in [1.165, 1.54) is 0 Å². The van der Waals surface area contributed by atoms with E-state index in [4.69, 9.17) is 4.52 Å². The maximum absolute atomic E-state index is 12.4. The van der Waals surface area contributed by atoms with Gasteiger partial charge in [-0.2, -0.15) is 0 Å². The van der Waals surface area contributed by atoms with Crippen molar-refractivity contribution in [3.8, 4) is 0 Å². The van der Waals surface area contributed by atoms with Gasteiger partial charge in [-0.15, -0.1) is 0 Å². The Hall–Kier alpha value is -2.63. The zero-order chi connectivity index (χ0) is 16.2. The Kier molecular flexibility index (Phi) is 4.41. The number of rotatable bonds is 6. The number of hydrogen-bond acceptors (Lipinski definition) is 4. The Labute approximate surface area is 134 Å². The molecule has 0 bridgehead atoms. The summed E-state index contributed by atoms with van der Waals surface area (Å²) in [5, 5.41) is 9.38. The lowest BCUT2D eigenvalue weighted by atomic mass is 10.0. The van der Waals surface area contributed by atoms with Crippen LogP contribution in [0.25, 0.3) is 0 Å². The molecule has 120 valence electrons. The van der Waals surface area contributed by atoms with E-state index < -0.39 is 11.9 Å². The number of aromatic nitrogens is 1. The summed E-state index contributed by atoms with van der Waals surface area (Å²) in [5.41, 5.74) is 1.17. The second-order valence-corrected chi connectivity index (χ2v) is 5.82. The smallest absolute Gasteiger partial charge is 0.274 e. The molecule has 1 saturated carbocycles. The topological polar surface area (TPSA) is 84.2 Å². The average molecular weight is 313 g/mol. The third-order valence-corrected chi connectivity index (χ3v) is 3.69. The van der Waals surface area contributed by atoms with Crippen molar-refractivity contribution in [1.29, 1.82) is 0 Å². The molecule has 1 fully saturated rings.